The molecule has 0 radical (unpaired) electrons. The maximum absolute atomic E-state index is 5.52. The monoisotopic (exact) mass is 391 g/mol. The minimum atomic E-state index is 0.664. The fourth-order valence-electron chi connectivity index (χ4n) is 4.09. The van der Waals surface area contributed by atoms with Crippen LogP contribution in [-0.4, -0.2) is 54.8 Å². The molecule has 5 heteroatoms. The summed E-state index contributed by atoms with van der Waals surface area (Å²) >= 11 is 3.68. The van der Waals surface area contributed by atoms with Gasteiger partial charge < -0.3 is 15.0 Å². The van der Waals surface area contributed by atoms with Gasteiger partial charge in [0.1, 0.15) is 0 Å². The average molecular weight is 392 g/mol. The fourth-order valence-corrected chi connectivity index (χ4v) is 4.72. The molecule has 0 bridgehead atoms. The maximum atomic E-state index is 5.52. The highest BCUT2D eigenvalue weighted by Gasteiger charge is 2.27. The lowest BCUT2D eigenvalue weighted by atomic mass is 10.0. The average Bonchev–Trinajstić information content (AvgIpc) is 3.26. The summed E-state index contributed by atoms with van der Waals surface area (Å²) in [6, 6.07) is 7.68. The highest BCUT2D eigenvalue weighted by Crippen LogP contribution is 2.27. The van der Waals surface area contributed by atoms with Crippen LogP contribution in [-0.2, 0) is 11.2 Å². The zero-order valence-corrected chi connectivity index (χ0v) is 15.6. The van der Waals surface area contributed by atoms with Crippen molar-refractivity contribution in [3.05, 3.63) is 34.4 Å². The molecule has 4 nitrogen and oxygen atoms in total. The Kier molecular flexibility index (Phi) is 5.22. The normalized spacial score (nSPS) is 23.3. The topological polar surface area (TPSA) is 40.3 Å². The van der Waals surface area contributed by atoms with Gasteiger partial charge in [-0.15, -0.1) is 0 Å². The van der Waals surface area contributed by atoms with E-state index in [9.17, 15) is 0 Å². The number of H-pyrrole nitrogens is 1. The Balaban J connectivity index is 1.26. The molecule has 0 saturated carbocycles. The van der Waals surface area contributed by atoms with E-state index in [-0.39, 0.29) is 0 Å². The van der Waals surface area contributed by atoms with Gasteiger partial charge in [0.15, 0.2) is 0 Å². The van der Waals surface area contributed by atoms with Crippen molar-refractivity contribution in [2.45, 2.75) is 37.8 Å². The van der Waals surface area contributed by atoms with Gasteiger partial charge in [-0.3, -0.25) is 4.90 Å². The Bertz CT molecular complexity index is 672. The minimum absolute atomic E-state index is 0.664. The fraction of sp³-hybridized carbons (Fsp3) is 0.579. The molecule has 1 aromatic heterocycles. The van der Waals surface area contributed by atoms with Gasteiger partial charge in [-0.1, -0.05) is 22.0 Å². The second-order valence-electron chi connectivity index (χ2n) is 7.01. The van der Waals surface area contributed by atoms with Crippen LogP contribution in [0.2, 0.25) is 0 Å². The van der Waals surface area contributed by atoms with Crippen LogP contribution in [0.5, 0.6) is 0 Å². The SMILES string of the molecule is Brc1cccc2[nH]cc(CCNC3CCN(C4CCOC4)CC3)c12. The summed E-state index contributed by atoms with van der Waals surface area (Å²) in [6.07, 6.45) is 6.95. The van der Waals surface area contributed by atoms with Gasteiger partial charge >= 0.3 is 0 Å². The van der Waals surface area contributed by atoms with E-state index in [1.165, 1.54) is 53.3 Å². The number of aromatic amines is 1. The number of benzene rings is 1. The van der Waals surface area contributed by atoms with Gasteiger partial charge in [-0.05, 0) is 49.9 Å². The van der Waals surface area contributed by atoms with E-state index in [0.29, 0.717) is 12.1 Å². The van der Waals surface area contributed by atoms with Gasteiger partial charge in [0, 0.05) is 53.4 Å². The summed E-state index contributed by atoms with van der Waals surface area (Å²) in [5, 5.41) is 5.10. The number of rotatable bonds is 5. The molecule has 2 aliphatic heterocycles. The number of nitrogens with one attached hydrogen (secondary N) is 2. The lowest BCUT2D eigenvalue weighted by molar-refractivity contribution is 0.117. The molecule has 0 amide bonds. The van der Waals surface area contributed by atoms with Crippen LogP contribution in [0.3, 0.4) is 0 Å². The number of hydrogen-bond donors (Lipinski definition) is 2. The van der Waals surface area contributed by atoms with E-state index in [1.54, 1.807) is 0 Å². The second kappa shape index (κ2) is 7.56. The van der Waals surface area contributed by atoms with Crippen molar-refractivity contribution in [3.8, 4) is 0 Å². The van der Waals surface area contributed by atoms with Gasteiger partial charge in [-0.25, -0.2) is 0 Å². The van der Waals surface area contributed by atoms with E-state index in [0.717, 1.165) is 26.2 Å². The van der Waals surface area contributed by atoms with Crippen LogP contribution >= 0.6 is 15.9 Å². The zero-order chi connectivity index (χ0) is 16.4. The lowest BCUT2D eigenvalue weighted by Gasteiger charge is -2.35. The van der Waals surface area contributed by atoms with Gasteiger partial charge in [0.25, 0.3) is 0 Å². The van der Waals surface area contributed by atoms with Crippen molar-refractivity contribution in [1.29, 1.82) is 0 Å². The van der Waals surface area contributed by atoms with Crippen LogP contribution in [0.1, 0.15) is 24.8 Å². The molecule has 2 N–H and O–H groups in total. The standard InChI is InChI=1S/C19H26BrN3O/c20-17-2-1-3-18-19(17)14(12-22-18)4-8-21-15-5-9-23(10-6-15)16-7-11-24-13-16/h1-3,12,15-16,21-22H,4-11,13H2. The lowest BCUT2D eigenvalue weighted by Crippen LogP contribution is -2.47. The quantitative estimate of drug-likeness (QED) is 0.820. The molecule has 0 aliphatic carbocycles. The number of ether oxygens (including phenoxy) is 1. The molecule has 1 unspecified atom stereocenters. The summed E-state index contributed by atoms with van der Waals surface area (Å²) in [4.78, 5) is 6.01. The Morgan fingerprint density at radius 2 is 2.12 bits per heavy atom. The number of piperidine rings is 1. The Morgan fingerprint density at radius 3 is 2.92 bits per heavy atom. The molecule has 0 spiro atoms. The summed E-state index contributed by atoms with van der Waals surface area (Å²) in [5.74, 6) is 0. The molecule has 1 atom stereocenters. The van der Waals surface area contributed by atoms with Crippen LogP contribution in [0.15, 0.2) is 28.9 Å². The number of nitrogens with zero attached hydrogens (tertiary/aromatic N) is 1. The Morgan fingerprint density at radius 1 is 1.25 bits per heavy atom. The second-order valence-corrected chi connectivity index (χ2v) is 7.86. The zero-order valence-electron chi connectivity index (χ0n) is 14.1. The molecule has 3 heterocycles. The number of fused-ring (bicyclic) bond motifs is 1. The van der Waals surface area contributed by atoms with E-state index in [4.69, 9.17) is 4.74 Å². The third kappa shape index (κ3) is 3.54. The van der Waals surface area contributed by atoms with E-state index >= 15 is 0 Å². The minimum Gasteiger partial charge on any atom is -0.380 e. The highest BCUT2D eigenvalue weighted by molar-refractivity contribution is 9.10. The van der Waals surface area contributed by atoms with Crippen LogP contribution in [0.4, 0.5) is 0 Å². The molecule has 1 aromatic carbocycles. The number of aromatic nitrogens is 1. The van der Waals surface area contributed by atoms with Crippen molar-refractivity contribution in [2.24, 2.45) is 0 Å². The number of likely N-dealkylation sites (tertiary alicyclic amines) is 1. The first-order valence-electron chi connectivity index (χ1n) is 9.11. The predicted molar refractivity (Wildman–Crippen MR) is 102 cm³/mol. The number of halogens is 1. The van der Waals surface area contributed by atoms with Crippen LogP contribution < -0.4 is 5.32 Å². The number of hydrogen-bond acceptors (Lipinski definition) is 3. The first kappa shape index (κ1) is 16.6. The van der Waals surface area contributed by atoms with Gasteiger partial charge in [0.2, 0.25) is 0 Å². The summed E-state index contributed by atoms with van der Waals surface area (Å²) in [7, 11) is 0. The van der Waals surface area contributed by atoms with Crippen molar-refractivity contribution in [2.75, 3.05) is 32.8 Å². The molecule has 2 aliphatic rings. The smallest absolute Gasteiger partial charge is 0.0622 e. The van der Waals surface area contributed by atoms with Crippen molar-refractivity contribution >= 4 is 26.8 Å². The Hall–Kier alpha value is -0.880. The van der Waals surface area contributed by atoms with Crippen LogP contribution in [0, 0.1) is 0 Å². The van der Waals surface area contributed by atoms with E-state index in [2.05, 4.69) is 55.5 Å². The van der Waals surface area contributed by atoms with E-state index in [1.807, 2.05) is 0 Å². The summed E-state index contributed by atoms with van der Waals surface area (Å²) < 4.78 is 6.71. The van der Waals surface area contributed by atoms with Gasteiger partial charge in [0.05, 0.1) is 6.61 Å². The van der Waals surface area contributed by atoms with Crippen molar-refractivity contribution in [1.82, 2.24) is 15.2 Å². The molecular weight excluding hydrogens is 366 g/mol. The Labute approximate surface area is 152 Å². The third-order valence-corrected chi connectivity index (χ3v) is 6.18. The highest BCUT2D eigenvalue weighted by atomic mass is 79.9. The molecule has 130 valence electrons. The molecular formula is C19H26BrN3O. The first-order chi connectivity index (χ1) is 11.8. The molecule has 24 heavy (non-hydrogen) atoms. The maximum Gasteiger partial charge on any atom is 0.0622 e. The summed E-state index contributed by atoms with van der Waals surface area (Å²) in [5.41, 5.74) is 2.61. The molecule has 2 saturated heterocycles. The van der Waals surface area contributed by atoms with Crippen molar-refractivity contribution in [3.63, 3.8) is 0 Å². The van der Waals surface area contributed by atoms with Crippen LogP contribution in [0.25, 0.3) is 10.9 Å². The van der Waals surface area contributed by atoms with E-state index < -0.39 is 0 Å². The van der Waals surface area contributed by atoms with Crippen molar-refractivity contribution < 1.29 is 4.74 Å². The molecule has 2 aromatic rings. The molecule has 4 rings (SSSR count). The predicted octanol–water partition coefficient (Wildman–Crippen LogP) is 3.32. The molecule has 2 fully saturated rings. The van der Waals surface area contributed by atoms with Gasteiger partial charge in [-0.2, -0.15) is 0 Å². The third-order valence-electron chi connectivity index (χ3n) is 5.52. The largest absolute Gasteiger partial charge is 0.380 e. The first-order valence-corrected chi connectivity index (χ1v) is 9.90. The summed E-state index contributed by atoms with van der Waals surface area (Å²) in [6.45, 7) is 5.36.